The van der Waals surface area contributed by atoms with E-state index in [9.17, 15) is 14.7 Å². The molecule has 1 atom stereocenters. The second kappa shape index (κ2) is 6.99. The number of methoxy groups -OCH3 is 1. The molecule has 6 nitrogen and oxygen atoms in total. The first-order chi connectivity index (χ1) is 11.5. The van der Waals surface area contributed by atoms with Gasteiger partial charge in [-0.15, -0.1) is 0 Å². The van der Waals surface area contributed by atoms with Gasteiger partial charge < -0.3 is 19.6 Å². The van der Waals surface area contributed by atoms with Gasteiger partial charge in [0, 0.05) is 31.8 Å². The van der Waals surface area contributed by atoms with Gasteiger partial charge in [0.05, 0.1) is 6.04 Å². The molecule has 1 aromatic rings. The minimum absolute atomic E-state index is 0.0504. The van der Waals surface area contributed by atoms with E-state index < -0.39 is 6.09 Å². The molecule has 1 saturated heterocycles. The Labute approximate surface area is 145 Å². The zero-order valence-electron chi connectivity index (χ0n) is 13.6. The summed E-state index contributed by atoms with van der Waals surface area (Å²) < 4.78 is 4.94. The first-order valence-corrected chi connectivity index (χ1v) is 8.46. The smallest absolute Gasteiger partial charge is 0.407 e. The summed E-state index contributed by atoms with van der Waals surface area (Å²) in [5, 5.41) is 10.1. The van der Waals surface area contributed by atoms with Crippen molar-refractivity contribution in [2.24, 2.45) is 0 Å². The Balaban J connectivity index is 1.95. The number of amides is 2. The van der Waals surface area contributed by atoms with E-state index in [4.69, 9.17) is 16.3 Å². The number of hydrogen-bond donors (Lipinski definition) is 1. The van der Waals surface area contributed by atoms with Crippen LogP contribution in [0, 0.1) is 0 Å². The SMILES string of the molecule is COCC(=O)N1CCc2cc(Cl)cc(C3CCCN3C(=O)O)c2C1. The van der Waals surface area contributed by atoms with Crippen LogP contribution in [-0.2, 0) is 22.5 Å². The number of carboxylic acid groups (broad SMARTS) is 1. The zero-order valence-corrected chi connectivity index (χ0v) is 14.4. The fraction of sp³-hybridized carbons (Fsp3) is 0.529. The van der Waals surface area contributed by atoms with Crippen molar-refractivity contribution in [3.05, 3.63) is 33.8 Å². The number of carbonyl (C=O) groups excluding carboxylic acids is 1. The number of ether oxygens (including phenoxy) is 1. The van der Waals surface area contributed by atoms with Crippen molar-refractivity contribution in [3.8, 4) is 0 Å². The highest BCUT2D eigenvalue weighted by Crippen LogP contribution is 2.38. The van der Waals surface area contributed by atoms with E-state index in [1.807, 2.05) is 12.1 Å². The third-order valence-electron chi connectivity index (χ3n) is 4.82. The summed E-state index contributed by atoms with van der Waals surface area (Å²) in [6.07, 6.45) is 1.43. The van der Waals surface area contributed by atoms with Gasteiger partial charge in [0.2, 0.25) is 5.91 Å². The normalized spacial score (nSPS) is 20.2. The van der Waals surface area contributed by atoms with E-state index in [2.05, 4.69) is 0 Å². The number of likely N-dealkylation sites (tertiary alicyclic amines) is 1. The lowest BCUT2D eigenvalue weighted by Gasteiger charge is -2.33. The molecule has 0 saturated carbocycles. The maximum atomic E-state index is 12.2. The zero-order chi connectivity index (χ0) is 17.3. The predicted molar refractivity (Wildman–Crippen MR) is 89.2 cm³/mol. The first-order valence-electron chi connectivity index (χ1n) is 8.08. The lowest BCUT2D eigenvalue weighted by atomic mass is 9.90. The van der Waals surface area contributed by atoms with E-state index in [-0.39, 0.29) is 18.6 Å². The standard InChI is InChI=1S/C17H21ClN2O4/c1-24-10-16(21)19-6-4-11-7-12(18)8-13(14(11)9-19)15-3-2-5-20(15)17(22)23/h7-8,15H,2-6,9-10H2,1H3,(H,22,23). The highest BCUT2D eigenvalue weighted by atomic mass is 35.5. The number of rotatable bonds is 3. The van der Waals surface area contributed by atoms with Crippen LogP contribution in [0.4, 0.5) is 4.79 Å². The second-order valence-electron chi connectivity index (χ2n) is 6.26. The maximum Gasteiger partial charge on any atom is 0.407 e. The number of hydrogen-bond acceptors (Lipinski definition) is 3. The molecular formula is C17H21ClN2O4. The average Bonchev–Trinajstić information content (AvgIpc) is 3.03. The van der Waals surface area contributed by atoms with E-state index in [1.54, 1.807) is 4.90 Å². The minimum Gasteiger partial charge on any atom is -0.465 e. The molecule has 2 heterocycles. The van der Waals surface area contributed by atoms with E-state index >= 15 is 0 Å². The molecule has 0 radical (unpaired) electrons. The van der Waals surface area contributed by atoms with Crippen LogP contribution < -0.4 is 0 Å². The summed E-state index contributed by atoms with van der Waals surface area (Å²) in [6, 6.07) is 3.60. The number of nitrogens with zero attached hydrogens (tertiary/aromatic N) is 2. The Kier molecular flexibility index (Phi) is 4.96. The Hall–Kier alpha value is -1.79. The van der Waals surface area contributed by atoms with Crippen molar-refractivity contribution in [2.75, 3.05) is 26.8 Å². The highest BCUT2D eigenvalue weighted by molar-refractivity contribution is 6.30. The Morgan fingerprint density at radius 2 is 2.17 bits per heavy atom. The highest BCUT2D eigenvalue weighted by Gasteiger charge is 2.33. The van der Waals surface area contributed by atoms with Crippen molar-refractivity contribution < 1.29 is 19.4 Å². The van der Waals surface area contributed by atoms with Gasteiger partial charge in [0.15, 0.2) is 0 Å². The van der Waals surface area contributed by atoms with Gasteiger partial charge in [0.1, 0.15) is 6.61 Å². The van der Waals surface area contributed by atoms with Crippen molar-refractivity contribution in [2.45, 2.75) is 31.8 Å². The molecule has 1 N–H and O–H groups in total. The number of fused-ring (bicyclic) bond motifs is 1. The molecule has 1 fully saturated rings. The monoisotopic (exact) mass is 352 g/mol. The molecular weight excluding hydrogens is 332 g/mol. The van der Waals surface area contributed by atoms with Crippen molar-refractivity contribution >= 4 is 23.6 Å². The van der Waals surface area contributed by atoms with E-state index in [0.717, 1.165) is 36.0 Å². The summed E-state index contributed by atoms with van der Waals surface area (Å²) >= 11 is 6.27. The Morgan fingerprint density at radius 3 is 2.88 bits per heavy atom. The van der Waals surface area contributed by atoms with Gasteiger partial charge in [-0.2, -0.15) is 0 Å². The van der Waals surface area contributed by atoms with Crippen LogP contribution in [0.25, 0.3) is 0 Å². The van der Waals surface area contributed by atoms with Gasteiger partial charge >= 0.3 is 6.09 Å². The quantitative estimate of drug-likeness (QED) is 0.908. The molecule has 7 heteroatoms. The van der Waals surface area contributed by atoms with Crippen molar-refractivity contribution in [1.29, 1.82) is 0 Å². The molecule has 0 bridgehead atoms. The fourth-order valence-corrected chi connectivity index (χ4v) is 3.95. The topological polar surface area (TPSA) is 70.1 Å². The summed E-state index contributed by atoms with van der Waals surface area (Å²) in [5.74, 6) is -0.0504. The lowest BCUT2D eigenvalue weighted by Crippen LogP contribution is -2.39. The molecule has 1 aromatic carbocycles. The molecule has 2 aliphatic heterocycles. The Bertz CT molecular complexity index is 664. The van der Waals surface area contributed by atoms with E-state index in [1.165, 1.54) is 12.0 Å². The van der Waals surface area contributed by atoms with Crippen LogP contribution in [-0.4, -0.2) is 53.7 Å². The van der Waals surface area contributed by atoms with Crippen LogP contribution in [0.5, 0.6) is 0 Å². The summed E-state index contributed by atoms with van der Waals surface area (Å²) in [4.78, 5) is 26.9. The molecule has 0 spiro atoms. The van der Waals surface area contributed by atoms with Crippen LogP contribution in [0.15, 0.2) is 12.1 Å². The van der Waals surface area contributed by atoms with Crippen LogP contribution in [0.2, 0.25) is 5.02 Å². The largest absolute Gasteiger partial charge is 0.465 e. The van der Waals surface area contributed by atoms with Gasteiger partial charge in [-0.25, -0.2) is 4.79 Å². The van der Waals surface area contributed by atoms with Gasteiger partial charge in [0.25, 0.3) is 0 Å². The average molecular weight is 353 g/mol. The molecule has 2 aliphatic rings. The van der Waals surface area contributed by atoms with Gasteiger partial charge in [-0.05, 0) is 48.1 Å². The van der Waals surface area contributed by atoms with Gasteiger partial charge in [-0.1, -0.05) is 11.6 Å². The minimum atomic E-state index is -0.908. The van der Waals surface area contributed by atoms with Crippen molar-refractivity contribution in [3.63, 3.8) is 0 Å². The Morgan fingerprint density at radius 1 is 1.38 bits per heavy atom. The molecule has 24 heavy (non-hydrogen) atoms. The number of carbonyl (C=O) groups is 2. The third kappa shape index (κ3) is 3.21. The summed E-state index contributed by atoms with van der Waals surface area (Å²) in [5.41, 5.74) is 3.08. The predicted octanol–water partition coefficient (Wildman–Crippen LogP) is 2.69. The fourth-order valence-electron chi connectivity index (χ4n) is 3.70. The maximum absolute atomic E-state index is 12.2. The van der Waals surface area contributed by atoms with E-state index in [0.29, 0.717) is 24.7 Å². The first kappa shape index (κ1) is 17.0. The van der Waals surface area contributed by atoms with Crippen LogP contribution in [0.3, 0.4) is 0 Å². The van der Waals surface area contributed by atoms with Gasteiger partial charge in [-0.3, -0.25) is 4.79 Å². The lowest BCUT2D eigenvalue weighted by molar-refractivity contribution is -0.136. The number of benzene rings is 1. The molecule has 3 rings (SSSR count). The molecule has 2 amide bonds. The van der Waals surface area contributed by atoms with Crippen LogP contribution >= 0.6 is 11.6 Å². The molecule has 1 unspecified atom stereocenters. The number of halogens is 1. The van der Waals surface area contributed by atoms with Crippen molar-refractivity contribution in [1.82, 2.24) is 9.80 Å². The van der Waals surface area contributed by atoms with Crippen LogP contribution in [0.1, 0.15) is 35.6 Å². The third-order valence-corrected chi connectivity index (χ3v) is 5.04. The second-order valence-corrected chi connectivity index (χ2v) is 6.70. The molecule has 0 aliphatic carbocycles. The molecule has 0 aromatic heterocycles. The summed E-state index contributed by atoms with van der Waals surface area (Å²) in [6.45, 7) is 1.70. The summed E-state index contributed by atoms with van der Waals surface area (Å²) in [7, 11) is 1.50. The molecule has 130 valence electrons.